The van der Waals surface area contributed by atoms with Crippen LogP contribution in [0.5, 0.6) is 11.5 Å². The van der Waals surface area contributed by atoms with Crippen molar-refractivity contribution in [1.82, 2.24) is 0 Å². The number of ether oxygens (including phenoxy) is 2. The Balaban J connectivity index is 1.69. The van der Waals surface area contributed by atoms with Gasteiger partial charge in [-0.1, -0.05) is 65.0 Å². The molecule has 33 heavy (non-hydrogen) atoms. The van der Waals surface area contributed by atoms with Crippen LogP contribution in [0, 0.1) is 5.82 Å². The van der Waals surface area contributed by atoms with Crippen molar-refractivity contribution in [2.75, 3.05) is 0 Å². The van der Waals surface area contributed by atoms with Crippen molar-refractivity contribution in [2.24, 2.45) is 0 Å². The molecule has 0 radical (unpaired) electrons. The molecule has 0 unspecified atom stereocenters. The largest absolute Gasteiger partial charge is 0.491 e. The Kier molecular flexibility index (Phi) is 7.51. The van der Waals surface area contributed by atoms with Gasteiger partial charge in [-0.2, -0.15) is 0 Å². The number of hydrogen-bond donors (Lipinski definition) is 0. The highest BCUT2D eigenvalue weighted by Crippen LogP contribution is 2.30. The summed E-state index contributed by atoms with van der Waals surface area (Å²) in [5, 5.41) is 0. The molecule has 3 aromatic rings. The fourth-order valence-electron chi connectivity index (χ4n) is 3.99. The van der Waals surface area contributed by atoms with Gasteiger partial charge in [-0.05, 0) is 89.8 Å². The summed E-state index contributed by atoms with van der Waals surface area (Å²) >= 11 is 0. The Morgan fingerprint density at radius 2 is 1.27 bits per heavy atom. The zero-order chi connectivity index (χ0) is 24.2. The molecule has 0 fully saturated rings. The van der Waals surface area contributed by atoms with Gasteiger partial charge in [0.05, 0.1) is 6.10 Å². The van der Waals surface area contributed by atoms with E-state index < -0.39 is 0 Å². The molecule has 2 nitrogen and oxygen atoms in total. The predicted octanol–water partition coefficient (Wildman–Crippen LogP) is 8.01. The summed E-state index contributed by atoms with van der Waals surface area (Å²) in [5.74, 6) is 1.42. The SMILES string of the molecule is CC(C)Oc1ccc(C(C)(C)Cc2cc(F)cc(COc3ccc(C(C)(C)C)cc3)c2)cc1. The molecule has 0 bridgehead atoms. The van der Waals surface area contributed by atoms with Crippen molar-refractivity contribution in [2.45, 2.75) is 78.4 Å². The predicted molar refractivity (Wildman–Crippen MR) is 135 cm³/mol. The normalized spacial score (nSPS) is 12.2. The van der Waals surface area contributed by atoms with Gasteiger partial charge in [-0.3, -0.25) is 0 Å². The van der Waals surface area contributed by atoms with E-state index in [0.717, 1.165) is 29.0 Å². The minimum atomic E-state index is -0.231. The molecule has 3 rings (SSSR count). The number of halogens is 1. The maximum atomic E-state index is 14.4. The third-order valence-corrected chi connectivity index (χ3v) is 5.80. The fourth-order valence-corrected chi connectivity index (χ4v) is 3.99. The molecule has 0 N–H and O–H groups in total. The van der Waals surface area contributed by atoms with E-state index in [9.17, 15) is 4.39 Å². The van der Waals surface area contributed by atoms with Crippen LogP contribution >= 0.6 is 0 Å². The zero-order valence-electron chi connectivity index (χ0n) is 21.0. The van der Waals surface area contributed by atoms with E-state index in [4.69, 9.17) is 9.47 Å². The van der Waals surface area contributed by atoms with E-state index in [-0.39, 0.29) is 22.8 Å². The summed E-state index contributed by atoms with van der Waals surface area (Å²) in [4.78, 5) is 0. The second-order valence-electron chi connectivity index (χ2n) is 10.8. The molecule has 3 heteroatoms. The van der Waals surface area contributed by atoms with Crippen molar-refractivity contribution in [3.8, 4) is 11.5 Å². The van der Waals surface area contributed by atoms with Gasteiger partial charge in [0.2, 0.25) is 0 Å². The summed E-state index contributed by atoms with van der Waals surface area (Å²) in [7, 11) is 0. The van der Waals surface area contributed by atoms with E-state index in [2.05, 4.69) is 58.9 Å². The third-order valence-electron chi connectivity index (χ3n) is 5.80. The number of rotatable bonds is 8. The lowest BCUT2D eigenvalue weighted by atomic mass is 9.79. The van der Waals surface area contributed by atoms with Crippen LogP contribution in [-0.2, 0) is 23.9 Å². The molecular formula is C30H37FO2. The van der Waals surface area contributed by atoms with Crippen LogP contribution in [0.3, 0.4) is 0 Å². The summed E-state index contributed by atoms with van der Waals surface area (Å²) in [6.07, 6.45) is 0.871. The molecule has 0 aromatic heterocycles. The van der Waals surface area contributed by atoms with E-state index >= 15 is 0 Å². The Hall–Kier alpha value is -2.81. The quantitative estimate of drug-likeness (QED) is 0.347. The topological polar surface area (TPSA) is 18.5 Å². The average Bonchev–Trinajstić information content (AvgIpc) is 2.71. The van der Waals surface area contributed by atoms with Crippen LogP contribution in [0.4, 0.5) is 4.39 Å². The summed E-state index contributed by atoms with van der Waals surface area (Å²) < 4.78 is 26.1. The molecular weight excluding hydrogens is 411 g/mol. The lowest BCUT2D eigenvalue weighted by Crippen LogP contribution is -2.20. The molecule has 0 atom stereocenters. The van der Waals surface area contributed by atoms with Gasteiger partial charge in [-0.25, -0.2) is 4.39 Å². The van der Waals surface area contributed by atoms with Gasteiger partial charge in [0.15, 0.2) is 0 Å². The standard InChI is InChI=1S/C30H37FO2/c1-21(2)33-28-14-10-25(11-15-28)30(6,7)19-22-16-23(18-26(31)17-22)20-32-27-12-8-24(9-13-27)29(3,4)5/h8-18,21H,19-20H2,1-7H3. The second-order valence-corrected chi connectivity index (χ2v) is 10.8. The molecule has 0 spiro atoms. The van der Waals surface area contributed by atoms with Crippen LogP contribution in [0.15, 0.2) is 66.7 Å². The highest BCUT2D eigenvalue weighted by molar-refractivity contribution is 5.35. The van der Waals surface area contributed by atoms with Crippen molar-refractivity contribution in [3.63, 3.8) is 0 Å². The Labute approximate surface area is 198 Å². The summed E-state index contributed by atoms with van der Waals surface area (Å²) in [5.41, 5.74) is 4.20. The minimum absolute atomic E-state index is 0.102. The van der Waals surface area contributed by atoms with Crippen LogP contribution in [0.1, 0.15) is 70.7 Å². The third kappa shape index (κ3) is 7.08. The Morgan fingerprint density at radius 1 is 0.727 bits per heavy atom. The average molecular weight is 449 g/mol. The van der Waals surface area contributed by atoms with Crippen LogP contribution in [0.2, 0.25) is 0 Å². The molecule has 0 saturated carbocycles. The van der Waals surface area contributed by atoms with Crippen molar-refractivity contribution >= 4 is 0 Å². The molecule has 0 amide bonds. The van der Waals surface area contributed by atoms with Gasteiger partial charge in [0.1, 0.15) is 23.9 Å². The maximum absolute atomic E-state index is 14.4. The number of benzene rings is 3. The molecule has 0 heterocycles. The second kappa shape index (κ2) is 9.99. The van der Waals surface area contributed by atoms with Crippen molar-refractivity contribution in [1.29, 1.82) is 0 Å². The number of hydrogen-bond acceptors (Lipinski definition) is 2. The lowest BCUT2D eigenvalue weighted by molar-refractivity contribution is 0.242. The first-order chi connectivity index (χ1) is 15.4. The zero-order valence-corrected chi connectivity index (χ0v) is 21.0. The maximum Gasteiger partial charge on any atom is 0.123 e. The smallest absolute Gasteiger partial charge is 0.123 e. The highest BCUT2D eigenvalue weighted by Gasteiger charge is 2.22. The van der Waals surface area contributed by atoms with E-state index in [1.807, 2.05) is 44.2 Å². The Morgan fingerprint density at radius 3 is 1.85 bits per heavy atom. The van der Waals surface area contributed by atoms with Crippen molar-refractivity contribution < 1.29 is 13.9 Å². The Bertz CT molecular complexity index is 1040. The first-order valence-electron chi connectivity index (χ1n) is 11.7. The highest BCUT2D eigenvalue weighted by atomic mass is 19.1. The summed E-state index contributed by atoms with van der Waals surface area (Å²) in [6, 6.07) is 21.6. The molecule has 0 aliphatic carbocycles. The van der Waals surface area contributed by atoms with Gasteiger partial charge < -0.3 is 9.47 Å². The van der Waals surface area contributed by atoms with Gasteiger partial charge >= 0.3 is 0 Å². The molecule has 0 aliphatic rings. The fraction of sp³-hybridized carbons (Fsp3) is 0.400. The van der Waals surface area contributed by atoms with E-state index in [0.29, 0.717) is 6.61 Å². The first kappa shape index (κ1) is 24.8. The van der Waals surface area contributed by atoms with Gasteiger partial charge in [0.25, 0.3) is 0 Å². The van der Waals surface area contributed by atoms with Gasteiger partial charge in [-0.15, -0.1) is 0 Å². The molecule has 0 aliphatic heterocycles. The van der Waals surface area contributed by atoms with Gasteiger partial charge in [0, 0.05) is 0 Å². The molecule has 0 saturated heterocycles. The van der Waals surface area contributed by atoms with Crippen molar-refractivity contribution in [3.05, 3.63) is 94.8 Å². The molecule has 3 aromatic carbocycles. The first-order valence-corrected chi connectivity index (χ1v) is 11.7. The summed E-state index contributed by atoms with van der Waals surface area (Å²) in [6.45, 7) is 15.3. The van der Waals surface area contributed by atoms with E-state index in [1.165, 1.54) is 11.1 Å². The molecule has 176 valence electrons. The lowest BCUT2D eigenvalue weighted by Gasteiger charge is -2.26. The minimum Gasteiger partial charge on any atom is -0.491 e. The van der Waals surface area contributed by atoms with Crippen LogP contribution in [-0.4, -0.2) is 6.10 Å². The monoisotopic (exact) mass is 448 g/mol. The van der Waals surface area contributed by atoms with Crippen LogP contribution < -0.4 is 9.47 Å². The van der Waals surface area contributed by atoms with E-state index in [1.54, 1.807) is 12.1 Å². The van der Waals surface area contributed by atoms with Crippen LogP contribution in [0.25, 0.3) is 0 Å².